The van der Waals surface area contributed by atoms with Crippen LogP contribution in [-0.2, 0) is 4.79 Å². The number of furan rings is 1. The van der Waals surface area contributed by atoms with Gasteiger partial charge in [-0.25, -0.2) is 4.79 Å². The summed E-state index contributed by atoms with van der Waals surface area (Å²) in [6, 6.07) is 8.44. The second-order valence-corrected chi connectivity index (χ2v) is 7.14. The Morgan fingerprint density at radius 2 is 2.12 bits per heavy atom. The maximum atomic E-state index is 12.2. The third-order valence-electron chi connectivity index (χ3n) is 3.83. The molecule has 128 valence electrons. The van der Waals surface area contributed by atoms with Crippen LogP contribution in [0.2, 0.25) is 0 Å². The lowest BCUT2D eigenvalue weighted by atomic mass is 10.0. The van der Waals surface area contributed by atoms with Crippen LogP contribution in [0.5, 0.6) is 0 Å². The Bertz CT molecular complexity index is 914. The second-order valence-electron chi connectivity index (χ2n) is 5.46. The van der Waals surface area contributed by atoms with Crippen molar-refractivity contribution in [2.45, 2.75) is 13.8 Å². The fraction of sp³-hybridized carbons (Fsp3) is 0.167. The standard InChI is InChI=1S/C18H15NO4S2/c1-3-19-16(20)15(25-18(19)24)9-12-5-7-14(23-12)13-6-4-11(17(21)22)8-10(13)2/h4-9H,3H2,1-2H3,(H,21,22)/b15-9+. The molecule has 1 saturated heterocycles. The van der Waals surface area contributed by atoms with E-state index in [-0.39, 0.29) is 11.5 Å². The quantitative estimate of drug-likeness (QED) is 0.641. The number of carboxylic acid groups (broad SMARTS) is 1. The topological polar surface area (TPSA) is 70.8 Å². The van der Waals surface area contributed by atoms with E-state index in [4.69, 9.17) is 21.7 Å². The lowest BCUT2D eigenvalue weighted by molar-refractivity contribution is -0.122. The van der Waals surface area contributed by atoms with E-state index in [1.54, 1.807) is 41.3 Å². The van der Waals surface area contributed by atoms with Crippen LogP contribution in [0.3, 0.4) is 0 Å². The smallest absolute Gasteiger partial charge is 0.335 e. The van der Waals surface area contributed by atoms with Gasteiger partial charge in [-0.3, -0.25) is 9.69 Å². The molecule has 0 aliphatic carbocycles. The lowest BCUT2D eigenvalue weighted by Gasteiger charge is -2.09. The molecule has 0 bridgehead atoms. The van der Waals surface area contributed by atoms with Crippen molar-refractivity contribution in [1.29, 1.82) is 0 Å². The Morgan fingerprint density at radius 3 is 2.72 bits per heavy atom. The molecule has 1 aliphatic rings. The Balaban J connectivity index is 1.89. The first-order valence-electron chi connectivity index (χ1n) is 7.60. The second kappa shape index (κ2) is 6.85. The van der Waals surface area contributed by atoms with E-state index >= 15 is 0 Å². The van der Waals surface area contributed by atoms with Crippen LogP contribution in [-0.4, -0.2) is 32.7 Å². The van der Waals surface area contributed by atoms with Crippen molar-refractivity contribution >= 4 is 46.3 Å². The zero-order valence-electron chi connectivity index (χ0n) is 13.6. The van der Waals surface area contributed by atoms with Gasteiger partial charge in [0.1, 0.15) is 15.8 Å². The average Bonchev–Trinajstić information content (AvgIpc) is 3.12. The molecule has 25 heavy (non-hydrogen) atoms. The van der Waals surface area contributed by atoms with Crippen molar-refractivity contribution in [2.24, 2.45) is 0 Å². The van der Waals surface area contributed by atoms with E-state index < -0.39 is 5.97 Å². The molecule has 0 atom stereocenters. The molecular weight excluding hydrogens is 358 g/mol. The number of carbonyl (C=O) groups excluding carboxylic acids is 1. The van der Waals surface area contributed by atoms with Crippen LogP contribution in [0, 0.1) is 6.92 Å². The number of likely N-dealkylation sites (N-methyl/N-ethyl adjacent to an activating group) is 1. The molecule has 1 N–H and O–H groups in total. The van der Waals surface area contributed by atoms with Crippen molar-refractivity contribution in [2.75, 3.05) is 6.54 Å². The Kier molecular flexibility index (Phi) is 4.78. The van der Waals surface area contributed by atoms with Crippen molar-refractivity contribution in [1.82, 2.24) is 4.90 Å². The molecule has 5 nitrogen and oxygen atoms in total. The summed E-state index contributed by atoms with van der Waals surface area (Å²) in [7, 11) is 0. The van der Waals surface area contributed by atoms with Crippen LogP contribution >= 0.6 is 24.0 Å². The van der Waals surface area contributed by atoms with Crippen LogP contribution in [0.15, 0.2) is 39.7 Å². The average molecular weight is 373 g/mol. The fourth-order valence-electron chi connectivity index (χ4n) is 2.55. The maximum Gasteiger partial charge on any atom is 0.335 e. The Morgan fingerprint density at radius 1 is 1.36 bits per heavy atom. The minimum Gasteiger partial charge on any atom is -0.478 e. The van der Waals surface area contributed by atoms with Crippen molar-refractivity contribution in [3.8, 4) is 11.3 Å². The summed E-state index contributed by atoms with van der Waals surface area (Å²) < 4.78 is 6.36. The Hall–Kier alpha value is -2.38. The highest BCUT2D eigenvalue weighted by Crippen LogP contribution is 2.33. The maximum absolute atomic E-state index is 12.2. The number of nitrogens with zero attached hydrogens (tertiary/aromatic N) is 1. The molecule has 0 spiro atoms. The highest BCUT2D eigenvalue weighted by molar-refractivity contribution is 8.26. The zero-order chi connectivity index (χ0) is 18.1. The first-order chi connectivity index (χ1) is 11.9. The highest BCUT2D eigenvalue weighted by Gasteiger charge is 2.30. The number of aromatic carboxylic acids is 1. The van der Waals surface area contributed by atoms with Gasteiger partial charge in [0.25, 0.3) is 5.91 Å². The summed E-state index contributed by atoms with van der Waals surface area (Å²) in [6.07, 6.45) is 1.68. The summed E-state index contributed by atoms with van der Waals surface area (Å²) in [6.45, 7) is 4.25. The van der Waals surface area contributed by atoms with Gasteiger partial charge in [0.2, 0.25) is 0 Å². The van der Waals surface area contributed by atoms with Gasteiger partial charge in [-0.2, -0.15) is 0 Å². The third kappa shape index (κ3) is 3.38. The number of hydrogen-bond donors (Lipinski definition) is 1. The minimum absolute atomic E-state index is 0.113. The molecule has 0 saturated carbocycles. The number of carboxylic acids is 1. The summed E-state index contributed by atoms with van der Waals surface area (Å²) >= 11 is 6.45. The van der Waals surface area contributed by atoms with E-state index in [2.05, 4.69) is 0 Å². The molecule has 2 heterocycles. The number of carbonyl (C=O) groups is 2. The molecule has 0 radical (unpaired) electrons. The number of amides is 1. The Labute approximate surface area is 154 Å². The summed E-state index contributed by atoms with van der Waals surface area (Å²) in [4.78, 5) is 25.3. The third-order valence-corrected chi connectivity index (χ3v) is 5.21. The molecule has 3 rings (SSSR count). The normalized spacial score (nSPS) is 16.1. The first kappa shape index (κ1) is 17.4. The summed E-state index contributed by atoms with van der Waals surface area (Å²) in [5, 5.41) is 9.04. The molecule has 1 amide bonds. The number of rotatable bonds is 4. The largest absolute Gasteiger partial charge is 0.478 e. The van der Waals surface area contributed by atoms with E-state index in [0.29, 0.717) is 27.3 Å². The molecule has 7 heteroatoms. The summed E-state index contributed by atoms with van der Waals surface area (Å²) in [5.74, 6) is 0.0881. The molecule has 1 aliphatic heterocycles. The van der Waals surface area contributed by atoms with Gasteiger partial charge in [-0.05, 0) is 43.7 Å². The number of aryl methyl sites for hydroxylation is 1. The molecule has 2 aromatic rings. The molecule has 1 fully saturated rings. The lowest BCUT2D eigenvalue weighted by Crippen LogP contribution is -2.27. The monoisotopic (exact) mass is 373 g/mol. The number of hydrogen-bond acceptors (Lipinski definition) is 5. The van der Waals surface area contributed by atoms with Crippen molar-refractivity contribution in [3.05, 3.63) is 52.1 Å². The molecule has 1 aromatic heterocycles. The zero-order valence-corrected chi connectivity index (χ0v) is 15.2. The van der Waals surface area contributed by atoms with Crippen molar-refractivity contribution < 1.29 is 19.1 Å². The van der Waals surface area contributed by atoms with E-state index in [1.807, 2.05) is 13.8 Å². The molecule has 1 aromatic carbocycles. The van der Waals surface area contributed by atoms with Gasteiger partial charge in [0, 0.05) is 18.2 Å². The number of benzene rings is 1. The van der Waals surface area contributed by atoms with Crippen LogP contribution < -0.4 is 0 Å². The summed E-state index contributed by atoms with van der Waals surface area (Å²) in [5.41, 5.74) is 1.85. The van der Waals surface area contributed by atoms with Crippen LogP contribution in [0.25, 0.3) is 17.4 Å². The number of thiocarbonyl (C=S) groups is 1. The van der Waals surface area contributed by atoms with E-state index in [0.717, 1.165) is 11.1 Å². The van der Waals surface area contributed by atoms with Gasteiger partial charge in [-0.15, -0.1) is 0 Å². The predicted molar refractivity (Wildman–Crippen MR) is 101 cm³/mol. The van der Waals surface area contributed by atoms with E-state index in [9.17, 15) is 9.59 Å². The van der Waals surface area contributed by atoms with Gasteiger partial charge in [0.15, 0.2) is 0 Å². The van der Waals surface area contributed by atoms with Gasteiger partial charge >= 0.3 is 5.97 Å². The first-order valence-corrected chi connectivity index (χ1v) is 8.82. The predicted octanol–water partition coefficient (Wildman–Crippen LogP) is 4.17. The van der Waals surface area contributed by atoms with Gasteiger partial charge < -0.3 is 9.52 Å². The molecular formula is C18H15NO4S2. The molecule has 0 unspecified atom stereocenters. The van der Waals surface area contributed by atoms with E-state index in [1.165, 1.54) is 11.8 Å². The minimum atomic E-state index is -0.965. The van der Waals surface area contributed by atoms with Crippen LogP contribution in [0.4, 0.5) is 0 Å². The van der Waals surface area contributed by atoms with Crippen molar-refractivity contribution in [3.63, 3.8) is 0 Å². The van der Waals surface area contributed by atoms with Crippen LogP contribution in [0.1, 0.15) is 28.6 Å². The highest BCUT2D eigenvalue weighted by atomic mass is 32.2. The number of thioether (sulfide) groups is 1. The fourth-order valence-corrected chi connectivity index (χ4v) is 3.91. The van der Waals surface area contributed by atoms with Gasteiger partial charge in [-0.1, -0.05) is 30.0 Å². The van der Waals surface area contributed by atoms with Gasteiger partial charge in [0.05, 0.1) is 10.5 Å². The SMILES string of the molecule is CCN1C(=O)/C(=C\c2ccc(-c3ccc(C(=O)O)cc3C)o2)SC1=S.